The molecule has 0 saturated heterocycles. The number of hydrogen-bond acceptors (Lipinski definition) is 3. The van der Waals surface area contributed by atoms with E-state index in [1.807, 2.05) is 0 Å². The van der Waals surface area contributed by atoms with Gasteiger partial charge in [0.2, 0.25) is 0 Å². The topological polar surface area (TPSA) is 41.8 Å². The molecule has 1 fully saturated rings. The Labute approximate surface area is 53.2 Å². The Bertz CT molecular complexity index is 176. The third kappa shape index (κ3) is 0.605. The summed E-state index contributed by atoms with van der Waals surface area (Å²) in [5, 5.41) is 7.68. The van der Waals surface area contributed by atoms with Crippen molar-refractivity contribution < 1.29 is 4.79 Å². The number of rotatable bonds is 0. The first-order chi connectivity index (χ1) is 4.38. The van der Waals surface area contributed by atoms with Crippen LogP contribution in [0.1, 0.15) is 12.8 Å². The van der Waals surface area contributed by atoms with Crippen LogP contribution in [0.2, 0.25) is 0 Å². The van der Waals surface area contributed by atoms with E-state index in [1.165, 1.54) is 0 Å². The van der Waals surface area contributed by atoms with Gasteiger partial charge in [-0.05, 0) is 6.42 Å². The van der Waals surface area contributed by atoms with Crippen LogP contribution in [0, 0.1) is 5.92 Å². The monoisotopic (exact) mass is 124 g/mol. The lowest BCUT2D eigenvalue weighted by atomic mass is 10.1. The standard InChI is InChI=1S/C6H8N2O/c9-5-2-1-4-3-7-8-6(4)5/h4,6H,1-3H2/t4-,6+/m1/s1. The molecule has 0 aromatic carbocycles. The summed E-state index contributed by atoms with van der Waals surface area (Å²) in [4.78, 5) is 10.9. The maximum Gasteiger partial charge on any atom is 0.159 e. The smallest absolute Gasteiger partial charge is 0.159 e. The third-order valence-corrected chi connectivity index (χ3v) is 2.06. The molecule has 0 unspecified atom stereocenters. The van der Waals surface area contributed by atoms with Crippen LogP contribution in [0.25, 0.3) is 0 Å². The van der Waals surface area contributed by atoms with E-state index in [-0.39, 0.29) is 6.04 Å². The molecule has 9 heavy (non-hydrogen) atoms. The SMILES string of the molecule is O=C1CC[C@@H]2CN=N[C@H]12. The van der Waals surface area contributed by atoms with E-state index in [4.69, 9.17) is 0 Å². The second kappa shape index (κ2) is 1.62. The van der Waals surface area contributed by atoms with Crippen molar-refractivity contribution in [2.24, 2.45) is 16.1 Å². The molecular weight excluding hydrogens is 116 g/mol. The first kappa shape index (κ1) is 5.09. The van der Waals surface area contributed by atoms with Crippen molar-refractivity contribution in [1.29, 1.82) is 0 Å². The highest BCUT2D eigenvalue weighted by Crippen LogP contribution is 2.29. The van der Waals surface area contributed by atoms with E-state index in [2.05, 4.69) is 10.2 Å². The van der Waals surface area contributed by atoms with E-state index in [1.54, 1.807) is 0 Å². The molecule has 0 aromatic heterocycles. The molecule has 1 aliphatic heterocycles. The zero-order valence-electron chi connectivity index (χ0n) is 5.08. The van der Waals surface area contributed by atoms with Crippen LogP contribution < -0.4 is 0 Å². The molecule has 0 amide bonds. The number of azo groups is 1. The largest absolute Gasteiger partial charge is 0.297 e. The highest BCUT2D eigenvalue weighted by Gasteiger charge is 2.37. The van der Waals surface area contributed by atoms with E-state index < -0.39 is 0 Å². The van der Waals surface area contributed by atoms with Gasteiger partial charge in [-0.25, -0.2) is 0 Å². The van der Waals surface area contributed by atoms with Crippen LogP contribution in [0.3, 0.4) is 0 Å². The average molecular weight is 124 g/mol. The maximum absolute atomic E-state index is 10.9. The van der Waals surface area contributed by atoms with E-state index in [0.717, 1.165) is 19.4 Å². The van der Waals surface area contributed by atoms with Crippen molar-refractivity contribution in [1.82, 2.24) is 0 Å². The Morgan fingerprint density at radius 3 is 3.22 bits per heavy atom. The van der Waals surface area contributed by atoms with Crippen LogP contribution >= 0.6 is 0 Å². The molecule has 1 saturated carbocycles. The minimum absolute atomic E-state index is 0.0370. The number of fused-ring (bicyclic) bond motifs is 1. The van der Waals surface area contributed by atoms with Crippen LogP contribution in [-0.2, 0) is 4.79 Å². The van der Waals surface area contributed by atoms with Gasteiger partial charge in [0, 0.05) is 12.3 Å². The van der Waals surface area contributed by atoms with Crippen molar-refractivity contribution >= 4 is 5.78 Å². The van der Waals surface area contributed by atoms with Gasteiger partial charge in [-0.1, -0.05) is 0 Å². The van der Waals surface area contributed by atoms with Gasteiger partial charge in [0.25, 0.3) is 0 Å². The fourth-order valence-corrected chi connectivity index (χ4v) is 1.49. The van der Waals surface area contributed by atoms with E-state index in [0.29, 0.717) is 11.7 Å². The Kier molecular flexibility index (Phi) is 0.917. The molecule has 1 heterocycles. The highest BCUT2D eigenvalue weighted by molar-refractivity contribution is 5.86. The van der Waals surface area contributed by atoms with E-state index >= 15 is 0 Å². The Hall–Kier alpha value is -0.730. The molecule has 0 radical (unpaired) electrons. The lowest BCUT2D eigenvalue weighted by Crippen LogP contribution is -2.15. The average Bonchev–Trinajstić information content (AvgIpc) is 2.35. The molecule has 0 N–H and O–H groups in total. The number of carbonyl (C=O) groups excluding carboxylic acids is 1. The number of ketones is 1. The van der Waals surface area contributed by atoms with Crippen LogP contribution in [0.4, 0.5) is 0 Å². The molecule has 3 nitrogen and oxygen atoms in total. The summed E-state index contributed by atoms with van der Waals surface area (Å²) in [6, 6.07) is -0.0370. The van der Waals surface area contributed by atoms with Crippen molar-refractivity contribution in [3.8, 4) is 0 Å². The fourth-order valence-electron chi connectivity index (χ4n) is 1.49. The first-order valence-corrected chi connectivity index (χ1v) is 3.27. The Morgan fingerprint density at radius 1 is 1.56 bits per heavy atom. The summed E-state index contributed by atoms with van der Waals surface area (Å²) in [5.74, 6) is 0.763. The van der Waals surface area contributed by atoms with Gasteiger partial charge in [0.1, 0.15) is 6.04 Å². The summed E-state index contributed by atoms with van der Waals surface area (Å²) in [5.41, 5.74) is 0. The highest BCUT2D eigenvalue weighted by atomic mass is 16.1. The van der Waals surface area contributed by atoms with Crippen molar-refractivity contribution in [2.75, 3.05) is 6.54 Å². The lowest BCUT2D eigenvalue weighted by molar-refractivity contribution is -0.118. The molecule has 2 atom stereocenters. The normalized spacial score (nSPS) is 39.8. The van der Waals surface area contributed by atoms with Gasteiger partial charge in [-0.3, -0.25) is 4.79 Å². The Morgan fingerprint density at radius 2 is 2.44 bits per heavy atom. The van der Waals surface area contributed by atoms with Crippen molar-refractivity contribution in [2.45, 2.75) is 18.9 Å². The molecule has 48 valence electrons. The van der Waals surface area contributed by atoms with Crippen LogP contribution in [0.5, 0.6) is 0 Å². The minimum atomic E-state index is -0.0370. The number of Topliss-reactive ketones (excluding diaryl/α,β-unsaturated/α-hetero) is 1. The molecule has 2 aliphatic rings. The van der Waals surface area contributed by atoms with Crippen molar-refractivity contribution in [3.63, 3.8) is 0 Å². The van der Waals surface area contributed by atoms with Gasteiger partial charge < -0.3 is 0 Å². The summed E-state index contributed by atoms with van der Waals surface area (Å²) in [7, 11) is 0. The number of carbonyl (C=O) groups is 1. The van der Waals surface area contributed by atoms with Crippen molar-refractivity contribution in [3.05, 3.63) is 0 Å². The fraction of sp³-hybridized carbons (Fsp3) is 0.833. The summed E-state index contributed by atoms with van der Waals surface area (Å²) < 4.78 is 0. The van der Waals surface area contributed by atoms with Gasteiger partial charge in [0.15, 0.2) is 5.78 Å². The van der Waals surface area contributed by atoms with Crippen LogP contribution in [-0.4, -0.2) is 18.4 Å². The zero-order valence-corrected chi connectivity index (χ0v) is 5.08. The molecule has 0 bridgehead atoms. The predicted octanol–water partition coefficient (Wildman–Crippen LogP) is 0.800. The first-order valence-electron chi connectivity index (χ1n) is 3.27. The third-order valence-electron chi connectivity index (χ3n) is 2.06. The molecular formula is C6H8N2O. The molecule has 1 aliphatic carbocycles. The summed E-state index contributed by atoms with van der Waals surface area (Å²) in [6.07, 6.45) is 1.74. The molecule has 2 rings (SSSR count). The van der Waals surface area contributed by atoms with Gasteiger partial charge in [-0.2, -0.15) is 10.2 Å². The Balaban J connectivity index is 2.24. The zero-order chi connectivity index (χ0) is 6.27. The second-order valence-corrected chi connectivity index (χ2v) is 2.65. The summed E-state index contributed by atoms with van der Waals surface area (Å²) in [6.45, 7) is 0.788. The maximum atomic E-state index is 10.9. The number of hydrogen-bond donors (Lipinski definition) is 0. The van der Waals surface area contributed by atoms with Gasteiger partial charge >= 0.3 is 0 Å². The quantitative estimate of drug-likeness (QED) is 0.471. The molecule has 0 aromatic rings. The van der Waals surface area contributed by atoms with Gasteiger partial charge in [0.05, 0.1) is 6.54 Å². The molecule has 3 heteroatoms. The second-order valence-electron chi connectivity index (χ2n) is 2.65. The number of nitrogens with zero attached hydrogens (tertiary/aromatic N) is 2. The predicted molar refractivity (Wildman–Crippen MR) is 31.2 cm³/mol. The molecule has 0 spiro atoms. The summed E-state index contributed by atoms with van der Waals surface area (Å²) >= 11 is 0. The lowest BCUT2D eigenvalue weighted by Gasteiger charge is -1.98. The van der Waals surface area contributed by atoms with Crippen LogP contribution in [0.15, 0.2) is 10.2 Å². The van der Waals surface area contributed by atoms with E-state index in [9.17, 15) is 4.79 Å². The van der Waals surface area contributed by atoms with Gasteiger partial charge in [-0.15, -0.1) is 0 Å². The minimum Gasteiger partial charge on any atom is -0.297 e.